The second-order valence-electron chi connectivity index (χ2n) is 4.43. The van der Waals surface area contributed by atoms with Gasteiger partial charge in [0.1, 0.15) is 0 Å². The molecule has 0 radical (unpaired) electrons. The summed E-state index contributed by atoms with van der Waals surface area (Å²) in [6, 6.07) is 7.98. The third kappa shape index (κ3) is 6.36. The van der Waals surface area contributed by atoms with Gasteiger partial charge in [0.25, 0.3) is 0 Å². The predicted octanol–water partition coefficient (Wildman–Crippen LogP) is 2.27. The number of carbonyl (C=O) groups is 1. The fourth-order valence-electron chi connectivity index (χ4n) is 1.84. The van der Waals surface area contributed by atoms with Crippen molar-refractivity contribution in [1.82, 2.24) is 5.32 Å². The smallest absolute Gasteiger partial charge is 0.220 e. The number of ether oxygens (including phenoxy) is 2. The zero-order valence-corrected chi connectivity index (χ0v) is 11.8. The van der Waals surface area contributed by atoms with Gasteiger partial charge in [-0.25, -0.2) is 0 Å². The van der Waals surface area contributed by atoms with Crippen LogP contribution in [0.1, 0.15) is 30.4 Å². The molecule has 0 heterocycles. The molecule has 0 unspecified atom stereocenters. The van der Waals surface area contributed by atoms with E-state index >= 15 is 0 Å². The lowest BCUT2D eigenvalue weighted by Crippen LogP contribution is -2.23. The molecule has 0 bridgehead atoms. The number of methoxy groups -OCH3 is 2. The standard InChI is InChI=1S/C15H23NO3/c1-18-10-6-5-9-15(17)16-11-13-7-3-4-8-14(13)12-19-2/h3-4,7-8H,5-6,9-12H2,1-2H3,(H,16,17). The summed E-state index contributed by atoms with van der Waals surface area (Å²) in [5.74, 6) is 0.0864. The lowest BCUT2D eigenvalue weighted by atomic mass is 10.1. The molecule has 0 saturated carbocycles. The molecule has 0 aromatic heterocycles. The van der Waals surface area contributed by atoms with Crippen molar-refractivity contribution in [3.63, 3.8) is 0 Å². The monoisotopic (exact) mass is 265 g/mol. The lowest BCUT2D eigenvalue weighted by molar-refractivity contribution is -0.121. The van der Waals surface area contributed by atoms with Crippen molar-refractivity contribution >= 4 is 5.91 Å². The van der Waals surface area contributed by atoms with Crippen molar-refractivity contribution in [2.45, 2.75) is 32.4 Å². The van der Waals surface area contributed by atoms with Gasteiger partial charge in [-0.2, -0.15) is 0 Å². The topological polar surface area (TPSA) is 47.6 Å². The van der Waals surface area contributed by atoms with E-state index in [1.807, 2.05) is 24.3 Å². The van der Waals surface area contributed by atoms with Crippen LogP contribution in [-0.4, -0.2) is 26.7 Å². The summed E-state index contributed by atoms with van der Waals surface area (Å²) in [6.07, 6.45) is 2.33. The van der Waals surface area contributed by atoms with Crippen LogP contribution in [0.4, 0.5) is 0 Å². The molecule has 0 aliphatic carbocycles. The van der Waals surface area contributed by atoms with Crippen molar-refractivity contribution in [2.75, 3.05) is 20.8 Å². The van der Waals surface area contributed by atoms with Gasteiger partial charge in [-0.05, 0) is 24.0 Å². The maximum absolute atomic E-state index is 11.7. The summed E-state index contributed by atoms with van der Waals surface area (Å²) >= 11 is 0. The molecule has 1 N–H and O–H groups in total. The van der Waals surface area contributed by atoms with Crippen LogP contribution >= 0.6 is 0 Å². The van der Waals surface area contributed by atoms with Gasteiger partial charge < -0.3 is 14.8 Å². The first-order valence-electron chi connectivity index (χ1n) is 6.59. The molecule has 19 heavy (non-hydrogen) atoms. The minimum absolute atomic E-state index is 0.0864. The van der Waals surface area contributed by atoms with Gasteiger partial charge in [-0.15, -0.1) is 0 Å². The minimum atomic E-state index is 0.0864. The first-order valence-corrected chi connectivity index (χ1v) is 6.59. The van der Waals surface area contributed by atoms with Crippen LogP contribution in [0, 0.1) is 0 Å². The van der Waals surface area contributed by atoms with E-state index in [0.29, 0.717) is 26.2 Å². The molecular formula is C15H23NO3. The number of rotatable bonds is 9. The number of hydrogen-bond acceptors (Lipinski definition) is 3. The van der Waals surface area contributed by atoms with Crippen LogP contribution in [0.5, 0.6) is 0 Å². The van der Waals surface area contributed by atoms with Gasteiger partial charge in [0.15, 0.2) is 0 Å². The molecule has 0 spiro atoms. The van der Waals surface area contributed by atoms with E-state index in [4.69, 9.17) is 9.47 Å². The molecule has 0 fully saturated rings. The summed E-state index contributed by atoms with van der Waals surface area (Å²) < 4.78 is 10.1. The van der Waals surface area contributed by atoms with Crippen LogP contribution in [-0.2, 0) is 27.4 Å². The molecule has 0 aliphatic rings. The first kappa shape index (κ1) is 15.7. The Morgan fingerprint density at radius 1 is 1.11 bits per heavy atom. The van der Waals surface area contributed by atoms with Gasteiger partial charge in [0, 0.05) is 33.8 Å². The van der Waals surface area contributed by atoms with Crippen LogP contribution in [0.25, 0.3) is 0 Å². The second-order valence-corrected chi connectivity index (χ2v) is 4.43. The van der Waals surface area contributed by atoms with Gasteiger partial charge in [-0.1, -0.05) is 24.3 Å². The van der Waals surface area contributed by atoms with Gasteiger partial charge in [0.05, 0.1) is 6.61 Å². The molecule has 0 atom stereocenters. The predicted molar refractivity (Wildman–Crippen MR) is 74.7 cm³/mol. The van der Waals surface area contributed by atoms with Crippen molar-refractivity contribution in [3.8, 4) is 0 Å². The van der Waals surface area contributed by atoms with Crippen molar-refractivity contribution in [2.24, 2.45) is 0 Å². The average Bonchev–Trinajstić information content (AvgIpc) is 2.43. The third-order valence-corrected chi connectivity index (χ3v) is 2.90. The highest BCUT2D eigenvalue weighted by Crippen LogP contribution is 2.09. The molecular weight excluding hydrogens is 242 g/mol. The lowest BCUT2D eigenvalue weighted by Gasteiger charge is -2.10. The Balaban J connectivity index is 2.33. The van der Waals surface area contributed by atoms with E-state index in [1.165, 1.54) is 0 Å². The Kier molecular flexibility index (Phi) is 7.86. The van der Waals surface area contributed by atoms with E-state index in [0.717, 1.165) is 24.0 Å². The molecule has 0 saturated heterocycles. The molecule has 1 aromatic rings. The van der Waals surface area contributed by atoms with Gasteiger partial charge in [0.2, 0.25) is 5.91 Å². The normalized spacial score (nSPS) is 10.4. The number of carbonyl (C=O) groups excluding carboxylic acids is 1. The number of hydrogen-bond donors (Lipinski definition) is 1. The zero-order chi connectivity index (χ0) is 13.9. The van der Waals surface area contributed by atoms with Crippen LogP contribution in [0.15, 0.2) is 24.3 Å². The second kappa shape index (κ2) is 9.53. The maximum atomic E-state index is 11.7. The highest BCUT2D eigenvalue weighted by Gasteiger charge is 2.04. The van der Waals surface area contributed by atoms with E-state index in [2.05, 4.69) is 5.32 Å². The third-order valence-electron chi connectivity index (χ3n) is 2.90. The highest BCUT2D eigenvalue weighted by molar-refractivity contribution is 5.75. The Bertz CT molecular complexity index is 379. The Morgan fingerprint density at radius 3 is 2.53 bits per heavy atom. The number of unbranched alkanes of at least 4 members (excludes halogenated alkanes) is 1. The quantitative estimate of drug-likeness (QED) is 0.697. The first-order chi connectivity index (χ1) is 9.27. The number of benzene rings is 1. The van der Waals surface area contributed by atoms with Crippen LogP contribution in [0.3, 0.4) is 0 Å². The number of amides is 1. The minimum Gasteiger partial charge on any atom is -0.385 e. The van der Waals surface area contributed by atoms with Crippen molar-refractivity contribution in [3.05, 3.63) is 35.4 Å². The summed E-state index contributed by atoms with van der Waals surface area (Å²) in [4.78, 5) is 11.7. The van der Waals surface area contributed by atoms with Gasteiger partial charge in [-0.3, -0.25) is 4.79 Å². The largest absolute Gasteiger partial charge is 0.385 e. The van der Waals surface area contributed by atoms with Crippen LogP contribution < -0.4 is 5.32 Å². The van der Waals surface area contributed by atoms with E-state index < -0.39 is 0 Å². The molecule has 0 aliphatic heterocycles. The van der Waals surface area contributed by atoms with Crippen LogP contribution in [0.2, 0.25) is 0 Å². The molecule has 1 amide bonds. The molecule has 4 heteroatoms. The molecule has 1 rings (SSSR count). The van der Waals surface area contributed by atoms with E-state index in [1.54, 1.807) is 14.2 Å². The summed E-state index contributed by atoms with van der Waals surface area (Å²) in [5, 5.41) is 2.94. The van der Waals surface area contributed by atoms with Gasteiger partial charge >= 0.3 is 0 Å². The Labute approximate surface area is 115 Å². The van der Waals surface area contributed by atoms with E-state index in [9.17, 15) is 4.79 Å². The summed E-state index contributed by atoms with van der Waals surface area (Å²) in [7, 11) is 3.35. The van der Waals surface area contributed by atoms with Crippen molar-refractivity contribution < 1.29 is 14.3 Å². The number of nitrogens with one attached hydrogen (secondary N) is 1. The van der Waals surface area contributed by atoms with Crippen molar-refractivity contribution in [1.29, 1.82) is 0 Å². The highest BCUT2D eigenvalue weighted by atomic mass is 16.5. The molecule has 4 nitrogen and oxygen atoms in total. The fraction of sp³-hybridized carbons (Fsp3) is 0.533. The maximum Gasteiger partial charge on any atom is 0.220 e. The Hall–Kier alpha value is -1.39. The molecule has 106 valence electrons. The fourth-order valence-corrected chi connectivity index (χ4v) is 1.84. The summed E-state index contributed by atoms with van der Waals surface area (Å²) in [5.41, 5.74) is 2.22. The zero-order valence-electron chi connectivity index (χ0n) is 11.8. The molecule has 1 aromatic carbocycles. The van der Waals surface area contributed by atoms with E-state index in [-0.39, 0.29) is 5.91 Å². The SMILES string of the molecule is COCCCCC(=O)NCc1ccccc1COC. The average molecular weight is 265 g/mol. The summed E-state index contributed by atoms with van der Waals surface area (Å²) in [6.45, 7) is 1.84. The Morgan fingerprint density at radius 2 is 1.84 bits per heavy atom.